The van der Waals surface area contributed by atoms with Crippen molar-refractivity contribution < 1.29 is 18.4 Å². The lowest BCUT2D eigenvalue weighted by Gasteiger charge is -2.32. The minimum atomic E-state index is -0.868. The third-order valence-corrected chi connectivity index (χ3v) is 7.82. The summed E-state index contributed by atoms with van der Waals surface area (Å²) in [5.41, 5.74) is 2.17. The smallest absolute Gasteiger partial charge is 0.256 e. The van der Waals surface area contributed by atoms with Crippen LogP contribution in [-0.4, -0.2) is 29.8 Å². The lowest BCUT2D eigenvalue weighted by atomic mass is 9.93. The number of thiophene rings is 1. The summed E-state index contributed by atoms with van der Waals surface area (Å²) in [6.07, 6.45) is 2.05. The Balaban J connectivity index is 1.41. The van der Waals surface area contributed by atoms with Gasteiger partial charge in [0.1, 0.15) is 11.6 Å². The zero-order valence-electron chi connectivity index (χ0n) is 20.0. The molecule has 0 saturated carbocycles. The van der Waals surface area contributed by atoms with E-state index in [-0.39, 0.29) is 23.4 Å². The first-order chi connectivity index (χ1) is 16.9. The van der Waals surface area contributed by atoms with Gasteiger partial charge in [0.25, 0.3) is 5.91 Å². The molecule has 0 radical (unpaired) electrons. The van der Waals surface area contributed by atoms with E-state index in [4.69, 9.17) is 0 Å². The zero-order valence-corrected chi connectivity index (χ0v) is 20.8. The van der Waals surface area contributed by atoms with Gasteiger partial charge in [-0.05, 0) is 59.9 Å². The Morgan fingerprint density at radius 1 is 1.06 bits per heavy atom. The van der Waals surface area contributed by atoms with E-state index in [1.165, 1.54) is 16.5 Å². The van der Waals surface area contributed by atoms with Crippen LogP contribution in [0.1, 0.15) is 71.4 Å². The van der Waals surface area contributed by atoms with Gasteiger partial charge in [-0.15, -0.1) is 11.3 Å². The minimum Gasteiger partial charge on any atom is -0.344 e. The van der Waals surface area contributed by atoms with Crippen molar-refractivity contribution >= 4 is 23.2 Å². The monoisotopic (exact) mass is 496 g/mol. The van der Waals surface area contributed by atoms with E-state index in [9.17, 15) is 18.4 Å². The molecule has 0 bridgehead atoms. The van der Waals surface area contributed by atoms with E-state index in [0.717, 1.165) is 22.9 Å². The summed E-state index contributed by atoms with van der Waals surface area (Å²) in [5, 5.41) is 5.23. The Bertz CT molecular complexity index is 1160. The topological polar surface area (TPSA) is 49.4 Å². The number of likely N-dealkylation sites (tertiary alicyclic amines) is 1. The first kappa shape index (κ1) is 25.0. The number of hydrogen-bond donors (Lipinski definition) is 1. The third kappa shape index (κ3) is 5.78. The number of amides is 2. The molecule has 2 heterocycles. The number of carbonyl (C=O) groups excluding carboxylic acids is 2. The maximum absolute atomic E-state index is 14.0. The molecule has 4 nitrogen and oxygen atoms in total. The molecule has 1 aromatic heterocycles. The van der Waals surface area contributed by atoms with Crippen molar-refractivity contribution in [2.75, 3.05) is 13.1 Å². The van der Waals surface area contributed by atoms with Crippen molar-refractivity contribution in [2.24, 2.45) is 5.92 Å². The average Bonchev–Trinajstić information content (AvgIpc) is 3.41. The number of hydrogen-bond acceptors (Lipinski definition) is 3. The Kier molecular flexibility index (Phi) is 7.96. The SMILES string of the molecule is CCC(C)c1ccc(C(NC(=O)C2CCN(C(=O)c3ccc(F)cc3F)CC2)c2cccs2)cc1. The van der Waals surface area contributed by atoms with Crippen molar-refractivity contribution in [1.82, 2.24) is 10.2 Å². The number of carbonyl (C=O) groups is 2. The van der Waals surface area contributed by atoms with E-state index in [2.05, 4.69) is 43.4 Å². The highest BCUT2D eigenvalue weighted by atomic mass is 32.1. The second-order valence-electron chi connectivity index (χ2n) is 9.12. The molecule has 1 N–H and O–H groups in total. The molecule has 7 heteroatoms. The first-order valence-corrected chi connectivity index (χ1v) is 12.9. The predicted octanol–water partition coefficient (Wildman–Crippen LogP) is 6.30. The minimum absolute atomic E-state index is 0.0468. The summed E-state index contributed by atoms with van der Waals surface area (Å²) >= 11 is 1.60. The van der Waals surface area contributed by atoms with E-state index in [1.54, 1.807) is 11.3 Å². The fourth-order valence-corrected chi connectivity index (χ4v) is 5.27. The fraction of sp³-hybridized carbons (Fsp3) is 0.357. The molecule has 184 valence electrons. The first-order valence-electron chi connectivity index (χ1n) is 12.0. The molecule has 2 unspecified atom stereocenters. The predicted molar refractivity (Wildman–Crippen MR) is 134 cm³/mol. The molecule has 0 spiro atoms. The van der Waals surface area contributed by atoms with Crippen LogP contribution in [-0.2, 0) is 4.79 Å². The van der Waals surface area contributed by atoms with Crippen LogP contribution in [0.2, 0.25) is 0 Å². The van der Waals surface area contributed by atoms with E-state index < -0.39 is 17.5 Å². The number of benzene rings is 2. The van der Waals surface area contributed by atoms with E-state index >= 15 is 0 Å². The molecule has 1 aliphatic heterocycles. The van der Waals surface area contributed by atoms with Crippen LogP contribution in [0.3, 0.4) is 0 Å². The second-order valence-corrected chi connectivity index (χ2v) is 10.1. The van der Waals surface area contributed by atoms with Gasteiger partial charge in [0.15, 0.2) is 0 Å². The van der Waals surface area contributed by atoms with Crippen molar-refractivity contribution in [2.45, 2.75) is 45.1 Å². The zero-order chi connectivity index (χ0) is 24.9. The summed E-state index contributed by atoms with van der Waals surface area (Å²) in [5.74, 6) is -1.86. The lowest BCUT2D eigenvalue weighted by Crippen LogP contribution is -2.44. The fourth-order valence-electron chi connectivity index (χ4n) is 4.47. The molecule has 0 aliphatic carbocycles. The van der Waals surface area contributed by atoms with Crippen LogP contribution >= 0.6 is 11.3 Å². The molecule has 3 aromatic rings. The van der Waals surface area contributed by atoms with Crippen LogP contribution in [0, 0.1) is 17.6 Å². The highest BCUT2D eigenvalue weighted by molar-refractivity contribution is 7.10. The summed E-state index contributed by atoms with van der Waals surface area (Å²) < 4.78 is 27.2. The molecule has 1 aliphatic rings. The summed E-state index contributed by atoms with van der Waals surface area (Å²) in [6, 6.07) is 15.2. The average molecular weight is 497 g/mol. The molecule has 2 amide bonds. The van der Waals surface area contributed by atoms with Crippen molar-refractivity contribution in [3.05, 3.63) is 93.2 Å². The van der Waals surface area contributed by atoms with Gasteiger partial charge in [-0.3, -0.25) is 9.59 Å². The lowest BCUT2D eigenvalue weighted by molar-refractivity contribution is -0.126. The normalized spacial score (nSPS) is 16.1. The van der Waals surface area contributed by atoms with Crippen LogP contribution in [0.5, 0.6) is 0 Å². The second kappa shape index (κ2) is 11.1. The highest BCUT2D eigenvalue weighted by Gasteiger charge is 2.30. The molecule has 1 saturated heterocycles. The maximum atomic E-state index is 14.0. The molecule has 35 heavy (non-hydrogen) atoms. The Labute approximate surface area is 209 Å². The van der Waals surface area contributed by atoms with Crippen LogP contribution in [0.25, 0.3) is 0 Å². The van der Waals surface area contributed by atoms with Crippen LogP contribution < -0.4 is 5.32 Å². The van der Waals surface area contributed by atoms with Gasteiger partial charge in [-0.1, -0.05) is 44.2 Å². The molecule has 2 aromatic carbocycles. The van der Waals surface area contributed by atoms with E-state index in [1.807, 2.05) is 17.5 Å². The Morgan fingerprint density at radius 3 is 2.34 bits per heavy atom. The molecule has 4 rings (SSSR count). The van der Waals surface area contributed by atoms with Gasteiger partial charge < -0.3 is 10.2 Å². The summed E-state index contributed by atoms with van der Waals surface area (Å²) in [7, 11) is 0. The quantitative estimate of drug-likeness (QED) is 0.417. The van der Waals surface area contributed by atoms with Gasteiger partial charge in [0, 0.05) is 30.0 Å². The van der Waals surface area contributed by atoms with Crippen LogP contribution in [0.4, 0.5) is 8.78 Å². The summed E-state index contributed by atoms with van der Waals surface area (Å²) in [6.45, 7) is 5.07. The van der Waals surface area contributed by atoms with Gasteiger partial charge >= 0.3 is 0 Å². The maximum Gasteiger partial charge on any atom is 0.256 e. The van der Waals surface area contributed by atoms with Crippen LogP contribution in [0.15, 0.2) is 60.0 Å². The Hall–Kier alpha value is -3.06. The molecular weight excluding hydrogens is 466 g/mol. The van der Waals surface area contributed by atoms with Crippen molar-refractivity contribution in [3.8, 4) is 0 Å². The molecular formula is C28H30F2N2O2S. The number of nitrogens with one attached hydrogen (secondary N) is 1. The standard InChI is InChI=1S/C28H30F2N2O2S/c1-3-18(2)19-6-8-20(9-7-19)26(25-5-4-16-35-25)31-27(33)21-12-14-32(15-13-21)28(34)23-11-10-22(29)17-24(23)30/h4-11,16-18,21,26H,3,12-15H2,1-2H3,(H,31,33). The molecule has 2 atom stereocenters. The Morgan fingerprint density at radius 2 is 1.74 bits per heavy atom. The van der Waals surface area contributed by atoms with Gasteiger partial charge in [0.2, 0.25) is 5.91 Å². The largest absolute Gasteiger partial charge is 0.344 e. The van der Waals surface area contributed by atoms with Gasteiger partial charge in [0.05, 0.1) is 11.6 Å². The third-order valence-electron chi connectivity index (χ3n) is 6.88. The van der Waals surface area contributed by atoms with Gasteiger partial charge in [-0.25, -0.2) is 8.78 Å². The number of nitrogens with zero attached hydrogens (tertiary/aromatic N) is 1. The number of piperidine rings is 1. The van der Waals surface area contributed by atoms with E-state index in [0.29, 0.717) is 37.9 Å². The number of halogens is 2. The van der Waals surface area contributed by atoms with Crippen molar-refractivity contribution in [1.29, 1.82) is 0 Å². The molecule has 1 fully saturated rings. The summed E-state index contributed by atoms with van der Waals surface area (Å²) in [4.78, 5) is 28.5. The number of rotatable bonds is 7. The van der Waals surface area contributed by atoms with Crippen molar-refractivity contribution in [3.63, 3.8) is 0 Å². The highest BCUT2D eigenvalue weighted by Crippen LogP contribution is 2.29. The van der Waals surface area contributed by atoms with Gasteiger partial charge in [-0.2, -0.15) is 0 Å².